The van der Waals surface area contributed by atoms with E-state index in [1.807, 2.05) is 0 Å². The molecule has 0 bridgehead atoms. The number of rotatable bonds is 36. The Morgan fingerprint density at radius 3 is 0.714 bits per heavy atom. The van der Waals surface area contributed by atoms with Gasteiger partial charge < -0.3 is 13.9 Å². The SMILES string of the molecule is CCCCCCCCCCCCCCCCCCOP(=O)([O-])OCCCCCCCCCCCCCCCCCC.[Fe+3]. The molecule has 0 aromatic rings. The van der Waals surface area contributed by atoms with Gasteiger partial charge in [0.15, 0.2) is 0 Å². The van der Waals surface area contributed by atoms with Crippen LogP contribution in [0.25, 0.3) is 0 Å². The molecular weight excluding hydrogens is 583 g/mol. The predicted octanol–water partition coefficient (Wildman–Crippen LogP) is 13.0. The molecule has 0 fully saturated rings. The summed E-state index contributed by atoms with van der Waals surface area (Å²) >= 11 is 0. The molecule has 1 radical (unpaired) electrons. The molecule has 42 heavy (non-hydrogen) atoms. The first-order valence-corrected chi connectivity index (χ1v) is 20.2. The van der Waals surface area contributed by atoms with Crippen molar-refractivity contribution in [2.75, 3.05) is 13.2 Å². The quantitative estimate of drug-likeness (QED) is 0.0382. The minimum Gasteiger partial charge on any atom is -0.756 e. The van der Waals surface area contributed by atoms with Gasteiger partial charge in [-0.05, 0) is 12.8 Å². The maximum absolute atomic E-state index is 11.9. The molecule has 0 aromatic heterocycles. The van der Waals surface area contributed by atoms with Crippen molar-refractivity contribution in [3.05, 3.63) is 0 Å². The van der Waals surface area contributed by atoms with E-state index in [1.165, 1.54) is 180 Å². The number of phosphoric ester groups is 1. The molecule has 0 aliphatic rings. The molecule has 0 heterocycles. The van der Waals surface area contributed by atoms with Gasteiger partial charge in [-0.3, -0.25) is 4.57 Å². The van der Waals surface area contributed by atoms with Crippen molar-refractivity contribution in [2.24, 2.45) is 0 Å². The van der Waals surface area contributed by atoms with Crippen molar-refractivity contribution in [1.29, 1.82) is 0 Å². The zero-order valence-corrected chi connectivity index (χ0v) is 30.5. The van der Waals surface area contributed by atoms with E-state index in [0.29, 0.717) is 0 Å². The molecule has 0 saturated heterocycles. The van der Waals surface area contributed by atoms with Gasteiger partial charge in [-0.25, -0.2) is 0 Å². The van der Waals surface area contributed by atoms with Crippen LogP contribution in [0, 0.1) is 0 Å². The van der Waals surface area contributed by atoms with Crippen LogP contribution in [0.1, 0.15) is 219 Å². The fourth-order valence-electron chi connectivity index (χ4n) is 5.69. The minimum absolute atomic E-state index is 0. The van der Waals surface area contributed by atoms with Gasteiger partial charge in [-0.15, -0.1) is 0 Å². The largest absolute Gasteiger partial charge is 3.00 e. The molecule has 4 nitrogen and oxygen atoms in total. The van der Waals surface area contributed by atoms with Crippen LogP contribution in [-0.2, 0) is 30.7 Å². The molecule has 0 spiro atoms. The fraction of sp³-hybridized carbons (Fsp3) is 1.00. The molecule has 0 N–H and O–H groups in total. The molecule has 253 valence electrons. The summed E-state index contributed by atoms with van der Waals surface area (Å²) in [6, 6.07) is 0. The van der Waals surface area contributed by atoms with Gasteiger partial charge in [0.2, 0.25) is 0 Å². The standard InChI is InChI=1S/C36H75O4P.Fe/c1-3-5-7-9-11-13-15-17-19-21-23-25-27-29-31-33-35-39-41(37,38)40-36-34-32-30-28-26-24-22-20-18-16-14-12-10-8-6-4-2;/h3-36H2,1-2H3,(H,37,38);/q;+3/p-1. The van der Waals surface area contributed by atoms with Crippen molar-refractivity contribution < 1.29 is 35.6 Å². The Bertz CT molecular complexity index is 493. The Balaban J connectivity index is 0. The van der Waals surface area contributed by atoms with E-state index < -0.39 is 7.82 Å². The van der Waals surface area contributed by atoms with E-state index >= 15 is 0 Å². The van der Waals surface area contributed by atoms with Crippen LogP contribution in [-0.4, -0.2) is 13.2 Å². The average Bonchev–Trinajstić information content (AvgIpc) is 2.96. The number of unbranched alkanes of at least 4 members (excludes halogenated alkanes) is 30. The molecule has 0 saturated carbocycles. The van der Waals surface area contributed by atoms with Crippen LogP contribution in [0.2, 0.25) is 0 Å². The normalized spacial score (nSPS) is 11.7. The predicted molar refractivity (Wildman–Crippen MR) is 179 cm³/mol. The van der Waals surface area contributed by atoms with Crippen molar-refractivity contribution in [2.45, 2.75) is 219 Å². The Morgan fingerprint density at radius 2 is 0.524 bits per heavy atom. The van der Waals surface area contributed by atoms with E-state index in [9.17, 15) is 9.46 Å². The summed E-state index contributed by atoms with van der Waals surface area (Å²) in [6.45, 7) is 5.08. The Hall–Kier alpha value is 0.629. The van der Waals surface area contributed by atoms with Crippen molar-refractivity contribution in [3.8, 4) is 0 Å². The summed E-state index contributed by atoms with van der Waals surface area (Å²) in [4.78, 5) is 11.9. The van der Waals surface area contributed by atoms with Crippen molar-refractivity contribution >= 4 is 7.82 Å². The van der Waals surface area contributed by atoms with E-state index in [2.05, 4.69) is 13.8 Å². The zero-order valence-electron chi connectivity index (χ0n) is 28.5. The van der Waals surface area contributed by atoms with Gasteiger partial charge in [0.1, 0.15) is 0 Å². The molecular formula is C36H74FeO4P+2. The van der Waals surface area contributed by atoms with Crippen LogP contribution in [0.3, 0.4) is 0 Å². The molecule has 0 rings (SSSR count). The Morgan fingerprint density at radius 1 is 0.357 bits per heavy atom. The van der Waals surface area contributed by atoms with Gasteiger partial charge in [0.25, 0.3) is 7.82 Å². The van der Waals surface area contributed by atoms with Crippen molar-refractivity contribution in [3.63, 3.8) is 0 Å². The van der Waals surface area contributed by atoms with Gasteiger partial charge >= 0.3 is 17.1 Å². The topological polar surface area (TPSA) is 58.6 Å². The van der Waals surface area contributed by atoms with Gasteiger partial charge in [-0.2, -0.15) is 0 Å². The van der Waals surface area contributed by atoms with E-state index in [1.54, 1.807) is 0 Å². The van der Waals surface area contributed by atoms with Crippen molar-refractivity contribution in [1.82, 2.24) is 0 Å². The molecule has 0 unspecified atom stereocenters. The first kappa shape index (κ1) is 44.8. The maximum Gasteiger partial charge on any atom is 3.00 e. The molecule has 0 amide bonds. The second-order valence-electron chi connectivity index (χ2n) is 12.7. The first-order chi connectivity index (χ1) is 20.1. The molecule has 0 aromatic carbocycles. The third kappa shape index (κ3) is 38.7. The van der Waals surface area contributed by atoms with Crippen LogP contribution >= 0.6 is 7.82 Å². The molecule has 0 aliphatic carbocycles. The summed E-state index contributed by atoms with van der Waals surface area (Å²) in [5.41, 5.74) is 0. The molecule has 6 heteroatoms. The van der Waals surface area contributed by atoms with Crippen LogP contribution in [0.4, 0.5) is 0 Å². The second-order valence-corrected chi connectivity index (χ2v) is 14.1. The first-order valence-electron chi connectivity index (χ1n) is 18.7. The van der Waals surface area contributed by atoms with E-state index in [0.717, 1.165) is 25.7 Å². The number of hydrogen-bond donors (Lipinski definition) is 0. The summed E-state index contributed by atoms with van der Waals surface area (Å²) in [5.74, 6) is 0. The smallest absolute Gasteiger partial charge is 0.756 e. The summed E-state index contributed by atoms with van der Waals surface area (Å²) in [7, 11) is -4.12. The fourth-order valence-corrected chi connectivity index (χ4v) is 6.47. The van der Waals surface area contributed by atoms with E-state index in [4.69, 9.17) is 9.05 Å². The molecule has 0 aliphatic heterocycles. The third-order valence-corrected chi connectivity index (χ3v) is 9.49. The average molecular weight is 658 g/mol. The molecule has 0 atom stereocenters. The Kier molecular flexibility index (Phi) is 40.3. The third-order valence-electron chi connectivity index (χ3n) is 8.49. The maximum atomic E-state index is 11.9. The number of hydrogen-bond acceptors (Lipinski definition) is 4. The summed E-state index contributed by atoms with van der Waals surface area (Å²) < 4.78 is 22.0. The Labute approximate surface area is 275 Å². The van der Waals surface area contributed by atoms with Gasteiger partial charge in [0.05, 0.1) is 13.2 Å². The van der Waals surface area contributed by atoms with Gasteiger partial charge in [0, 0.05) is 0 Å². The monoisotopic (exact) mass is 657 g/mol. The van der Waals surface area contributed by atoms with E-state index in [-0.39, 0.29) is 30.3 Å². The van der Waals surface area contributed by atoms with Crippen LogP contribution in [0.15, 0.2) is 0 Å². The van der Waals surface area contributed by atoms with Gasteiger partial charge in [-0.1, -0.05) is 206 Å². The zero-order chi connectivity index (χ0) is 30.0. The number of phosphoric acid groups is 1. The second kappa shape index (κ2) is 37.8. The summed E-state index contributed by atoms with van der Waals surface area (Å²) in [5, 5.41) is 0. The minimum atomic E-state index is -4.12. The summed E-state index contributed by atoms with van der Waals surface area (Å²) in [6.07, 6.45) is 41.9. The van der Waals surface area contributed by atoms with Crippen LogP contribution < -0.4 is 4.89 Å². The van der Waals surface area contributed by atoms with Crippen LogP contribution in [0.5, 0.6) is 0 Å².